The second-order valence-electron chi connectivity index (χ2n) is 5.93. The summed E-state index contributed by atoms with van der Waals surface area (Å²) in [4.78, 5) is 20.9. The Morgan fingerprint density at radius 3 is 3.04 bits per heavy atom. The predicted octanol–water partition coefficient (Wildman–Crippen LogP) is 3.50. The standard InChI is InChI=1S/C19H18N4O2S/c24-18(11-14-12-26-19(22-14)17-7-3-10-25-17)20-8-4-9-23-13-21-15-5-1-2-6-16(15)23/h1-3,5-7,10,12-13H,4,8-9,11H2,(H,20,24). The number of amides is 1. The van der Waals surface area contributed by atoms with E-state index >= 15 is 0 Å². The number of furan rings is 1. The lowest BCUT2D eigenvalue weighted by Gasteiger charge is -2.06. The van der Waals surface area contributed by atoms with E-state index in [4.69, 9.17) is 4.42 Å². The zero-order valence-corrected chi connectivity index (χ0v) is 14.9. The summed E-state index contributed by atoms with van der Waals surface area (Å²) in [6.07, 6.45) is 4.59. The van der Waals surface area contributed by atoms with E-state index < -0.39 is 0 Å². The molecule has 0 aliphatic heterocycles. The first-order chi connectivity index (χ1) is 12.8. The molecule has 0 saturated heterocycles. The molecule has 7 heteroatoms. The van der Waals surface area contributed by atoms with Crippen molar-refractivity contribution in [1.82, 2.24) is 19.9 Å². The average Bonchev–Trinajstić information content (AvgIpc) is 3.39. The summed E-state index contributed by atoms with van der Waals surface area (Å²) in [6.45, 7) is 1.45. The minimum absolute atomic E-state index is 0.0169. The van der Waals surface area contributed by atoms with Crippen LogP contribution in [0.4, 0.5) is 0 Å². The van der Waals surface area contributed by atoms with Gasteiger partial charge in [-0.05, 0) is 30.7 Å². The number of hydrogen-bond donors (Lipinski definition) is 1. The van der Waals surface area contributed by atoms with Crippen LogP contribution in [0.5, 0.6) is 0 Å². The molecule has 26 heavy (non-hydrogen) atoms. The van der Waals surface area contributed by atoms with E-state index in [0.717, 1.165) is 40.5 Å². The minimum atomic E-state index is -0.0169. The van der Waals surface area contributed by atoms with E-state index in [0.29, 0.717) is 6.54 Å². The molecule has 0 radical (unpaired) electrons. The van der Waals surface area contributed by atoms with Crippen LogP contribution in [0.15, 0.2) is 58.8 Å². The molecule has 0 aliphatic carbocycles. The second kappa shape index (κ2) is 7.53. The number of benzene rings is 1. The molecule has 0 spiro atoms. The van der Waals surface area contributed by atoms with Crippen molar-refractivity contribution in [3.63, 3.8) is 0 Å². The van der Waals surface area contributed by atoms with Gasteiger partial charge in [0.2, 0.25) is 5.91 Å². The van der Waals surface area contributed by atoms with Crippen LogP contribution in [-0.2, 0) is 17.8 Å². The summed E-state index contributed by atoms with van der Waals surface area (Å²) in [5.74, 6) is 0.714. The summed E-state index contributed by atoms with van der Waals surface area (Å²) in [5.41, 5.74) is 2.87. The summed E-state index contributed by atoms with van der Waals surface area (Å²) >= 11 is 1.48. The van der Waals surface area contributed by atoms with Gasteiger partial charge in [0.15, 0.2) is 10.8 Å². The third kappa shape index (κ3) is 3.67. The third-order valence-corrected chi connectivity index (χ3v) is 4.96. The normalized spacial score (nSPS) is 11.1. The van der Waals surface area contributed by atoms with Crippen molar-refractivity contribution in [3.8, 4) is 10.8 Å². The van der Waals surface area contributed by atoms with Gasteiger partial charge >= 0.3 is 0 Å². The second-order valence-corrected chi connectivity index (χ2v) is 6.79. The number of carbonyl (C=O) groups is 1. The number of para-hydroxylation sites is 2. The number of imidazole rings is 1. The fraction of sp³-hybridized carbons (Fsp3) is 0.211. The number of nitrogens with one attached hydrogen (secondary N) is 1. The Morgan fingerprint density at radius 1 is 1.23 bits per heavy atom. The molecule has 0 aliphatic rings. The molecule has 6 nitrogen and oxygen atoms in total. The Morgan fingerprint density at radius 2 is 2.15 bits per heavy atom. The van der Waals surface area contributed by atoms with Gasteiger partial charge in [-0.15, -0.1) is 11.3 Å². The quantitative estimate of drug-likeness (QED) is 0.508. The van der Waals surface area contributed by atoms with Crippen molar-refractivity contribution in [1.29, 1.82) is 0 Å². The Hall–Kier alpha value is -2.93. The largest absolute Gasteiger partial charge is 0.462 e. The molecule has 4 aromatic rings. The van der Waals surface area contributed by atoms with Crippen molar-refractivity contribution in [2.75, 3.05) is 6.54 Å². The lowest BCUT2D eigenvalue weighted by atomic mass is 10.3. The van der Waals surface area contributed by atoms with Crippen molar-refractivity contribution in [2.45, 2.75) is 19.4 Å². The molecule has 0 unspecified atom stereocenters. The summed E-state index contributed by atoms with van der Waals surface area (Å²) in [7, 11) is 0. The van der Waals surface area contributed by atoms with Crippen LogP contribution >= 0.6 is 11.3 Å². The SMILES string of the molecule is O=C(Cc1csc(-c2ccco2)n1)NCCCn1cnc2ccccc21. The number of fused-ring (bicyclic) bond motifs is 1. The highest BCUT2D eigenvalue weighted by molar-refractivity contribution is 7.13. The third-order valence-electron chi connectivity index (χ3n) is 4.05. The Kier molecular flexibility index (Phi) is 4.79. The van der Waals surface area contributed by atoms with Crippen LogP contribution in [0.25, 0.3) is 21.8 Å². The fourth-order valence-electron chi connectivity index (χ4n) is 2.79. The number of hydrogen-bond acceptors (Lipinski definition) is 5. The molecule has 4 rings (SSSR count). The fourth-order valence-corrected chi connectivity index (χ4v) is 3.58. The van der Waals surface area contributed by atoms with Gasteiger partial charge in [-0.2, -0.15) is 0 Å². The molecular weight excluding hydrogens is 348 g/mol. The molecule has 0 fully saturated rings. The van der Waals surface area contributed by atoms with E-state index in [1.165, 1.54) is 11.3 Å². The van der Waals surface area contributed by atoms with Crippen molar-refractivity contribution >= 4 is 28.3 Å². The summed E-state index contributed by atoms with van der Waals surface area (Å²) in [5, 5.41) is 5.65. The van der Waals surface area contributed by atoms with Crippen molar-refractivity contribution in [2.24, 2.45) is 0 Å². The van der Waals surface area contributed by atoms with Crippen LogP contribution in [0.3, 0.4) is 0 Å². The van der Waals surface area contributed by atoms with E-state index in [-0.39, 0.29) is 12.3 Å². The molecule has 3 heterocycles. The monoisotopic (exact) mass is 366 g/mol. The van der Waals surface area contributed by atoms with Gasteiger partial charge in [0.05, 0.1) is 35.7 Å². The molecule has 0 bridgehead atoms. The topological polar surface area (TPSA) is 73.0 Å². The molecule has 1 aromatic carbocycles. The van der Waals surface area contributed by atoms with Crippen LogP contribution in [0.1, 0.15) is 12.1 Å². The molecule has 1 amide bonds. The Balaban J connectivity index is 1.24. The Bertz CT molecular complexity index is 1000. The highest BCUT2D eigenvalue weighted by atomic mass is 32.1. The number of rotatable bonds is 7. The van der Waals surface area contributed by atoms with E-state index in [1.54, 1.807) is 6.26 Å². The summed E-state index contributed by atoms with van der Waals surface area (Å²) < 4.78 is 7.43. The maximum atomic E-state index is 12.1. The van der Waals surface area contributed by atoms with Gasteiger partial charge in [0.25, 0.3) is 0 Å². The lowest BCUT2D eigenvalue weighted by Crippen LogP contribution is -2.26. The first-order valence-electron chi connectivity index (χ1n) is 8.44. The maximum absolute atomic E-state index is 12.1. The van der Waals surface area contributed by atoms with Crippen molar-refractivity contribution < 1.29 is 9.21 Å². The number of nitrogens with zero attached hydrogens (tertiary/aromatic N) is 3. The van der Waals surface area contributed by atoms with Gasteiger partial charge in [-0.25, -0.2) is 9.97 Å². The number of carbonyl (C=O) groups excluding carboxylic acids is 1. The zero-order chi connectivity index (χ0) is 17.8. The predicted molar refractivity (Wildman–Crippen MR) is 101 cm³/mol. The van der Waals surface area contributed by atoms with E-state index in [1.807, 2.05) is 42.0 Å². The smallest absolute Gasteiger partial charge is 0.226 e. The van der Waals surface area contributed by atoms with Gasteiger partial charge < -0.3 is 14.3 Å². The summed E-state index contributed by atoms with van der Waals surface area (Å²) in [6, 6.07) is 11.7. The first-order valence-corrected chi connectivity index (χ1v) is 9.32. The van der Waals surface area contributed by atoms with Crippen LogP contribution in [0, 0.1) is 0 Å². The highest BCUT2D eigenvalue weighted by Gasteiger charge is 2.10. The van der Waals surface area contributed by atoms with Gasteiger partial charge in [0.1, 0.15) is 0 Å². The van der Waals surface area contributed by atoms with E-state index in [9.17, 15) is 4.79 Å². The van der Waals surface area contributed by atoms with Crippen LogP contribution < -0.4 is 5.32 Å². The highest BCUT2D eigenvalue weighted by Crippen LogP contribution is 2.24. The number of aryl methyl sites for hydroxylation is 1. The lowest BCUT2D eigenvalue weighted by molar-refractivity contribution is -0.120. The molecular formula is C19H18N4O2S. The van der Waals surface area contributed by atoms with Gasteiger partial charge in [-0.3, -0.25) is 4.79 Å². The molecule has 0 atom stereocenters. The molecule has 0 saturated carbocycles. The average molecular weight is 366 g/mol. The molecule has 132 valence electrons. The Labute approximate surface area is 154 Å². The van der Waals surface area contributed by atoms with E-state index in [2.05, 4.69) is 25.9 Å². The first kappa shape index (κ1) is 16.5. The number of aromatic nitrogens is 3. The van der Waals surface area contributed by atoms with Crippen LogP contribution in [-0.4, -0.2) is 27.0 Å². The minimum Gasteiger partial charge on any atom is -0.462 e. The maximum Gasteiger partial charge on any atom is 0.226 e. The van der Waals surface area contributed by atoms with Crippen LogP contribution in [0.2, 0.25) is 0 Å². The molecule has 3 aromatic heterocycles. The molecule has 1 N–H and O–H groups in total. The van der Waals surface area contributed by atoms with Gasteiger partial charge in [0, 0.05) is 18.5 Å². The number of thiazole rings is 1. The van der Waals surface area contributed by atoms with Gasteiger partial charge in [-0.1, -0.05) is 12.1 Å². The zero-order valence-electron chi connectivity index (χ0n) is 14.1. The van der Waals surface area contributed by atoms with Crippen molar-refractivity contribution in [3.05, 3.63) is 60.1 Å².